The number of hydrogen-bond donors (Lipinski definition) is 2. The molecule has 0 heterocycles. The Morgan fingerprint density at radius 3 is 2.63 bits per heavy atom. The van der Waals surface area contributed by atoms with Gasteiger partial charge < -0.3 is 14.9 Å². The molecule has 2 N–H and O–H groups in total. The summed E-state index contributed by atoms with van der Waals surface area (Å²) < 4.78 is 4.65. The van der Waals surface area contributed by atoms with Crippen molar-refractivity contribution >= 4 is 23.5 Å². The maximum atomic E-state index is 12.1. The zero-order valence-electron chi connectivity index (χ0n) is 19.1. The van der Waals surface area contributed by atoms with E-state index in [0.717, 1.165) is 42.8 Å². The highest BCUT2D eigenvalue weighted by atomic mass is 32.2. The smallest absolute Gasteiger partial charge is 0.305 e. The van der Waals surface area contributed by atoms with Crippen molar-refractivity contribution in [2.45, 2.75) is 90.8 Å². The molecule has 0 aromatic rings. The lowest BCUT2D eigenvalue weighted by Crippen LogP contribution is -2.15. The van der Waals surface area contributed by atoms with Crippen LogP contribution in [0.25, 0.3) is 0 Å². The molecule has 172 valence electrons. The normalized spacial score (nSPS) is 21.3. The highest BCUT2D eigenvalue weighted by molar-refractivity contribution is 8.03. The van der Waals surface area contributed by atoms with Crippen molar-refractivity contribution in [2.75, 3.05) is 12.9 Å². The van der Waals surface area contributed by atoms with Crippen LogP contribution in [0.5, 0.6) is 0 Å². The van der Waals surface area contributed by atoms with Gasteiger partial charge in [0.1, 0.15) is 0 Å². The quantitative estimate of drug-likeness (QED) is 0.216. The second-order valence-corrected chi connectivity index (χ2v) is 9.50. The number of aliphatic hydroxyl groups excluding tert-OH is 2. The number of methoxy groups -OCH3 is 1. The van der Waals surface area contributed by atoms with Crippen LogP contribution in [0.2, 0.25) is 0 Å². The molecule has 0 saturated heterocycles. The molecule has 6 heteroatoms. The van der Waals surface area contributed by atoms with Crippen LogP contribution in [0, 0.1) is 11.8 Å². The number of esters is 1. The van der Waals surface area contributed by atoms with Crippen molar-refractivity contribution in [1.82, 2.24) is 0 Å². The van der Waals surface area contributed by atoms with Gasteiger partial charge in [-0.25, -0.2) is 0 Å². The van der Waals surface area contributed by atoms with Crippen LogP contribution in [0.15, 0.2) is 22.6 Å². The SMILES string of the molecule is CCCC[C@@H](C)C[C@H](O)C=C[C@@H]1C(SCCCCCC(=O)OC)=C(C(C)=O)C[C@H]1O. The second kappa shape index (κ2) is 14.8. The molecule has 1 aliphatic carbocycles. The van der Waals surface area contributed by atoms with Gasteiger partial charge in [0.2, 0.25) is 0 Å². The van der Waals surface area contributed by atoms with E-state index in [1.807, 2.05) is 6.08 Å². The fourth-order valence-corrected chi connectivity index (χ4v) is 5.17. The topological polar surface area (TPSA) is 83.8 Å². The summed E-state index contributed by atoms with van der Waals surface area (Å²) in [5.41, 5.74) is 0.711. The van der Waals surface area contributed by atoms with Crippen LogP contribution < -0.4 is 0 Å². The van der Waals surface area contributed by atoms with E-state index in [2.05, 4.69) is 18.6 Å². The fourth-order valence-electron chi connectivity index (χ4n) is 3.77. The first-order valence-electron chi connectivity index (χ1n) is 11.3. The first kappa shape index (κ1) is 26.9. The molecule has 0 aliphatic heterocycles. The van der Waals surface area contributed by atoms with Gasteiger partial charge >= 0.3 is 5.97 Å². The van der Waals surface area contributed by atoms with Gasteiger partial charge in [-0.05, 0) is 37.9 Å². The Morgan fingerprint density at radius 1 is 1.27 bits per heavy atom. The minimum absolute atomic E-state index is 0.00637. The number of carbonyl (C=O) groups is 2. The van der Waals surface area contributed by atoms with Crippen LogP contribution in [-0.4, -0.2) is 47.0 Å². The van der Waals surface area contributed by atoms with Crippen LogP contribution in [0.4, 0.5) is 0 Å². The Balaban J connectivity index is 2.62. The molecule has 0 bridgehead atoms. The van der Waals surface area contributed by atoms with Crippen LogP contribution >= 0.6 is 11.8 Å². The van der Waals surface area contributed by atoms with Gasteiger partial charge in [0.05, 0.1) is 19.3 Å². The molecule has 0 spiro atoms. The van der Waals surface area contributed by atoms with E-state index in [0.29, 0.717) is 30.8 Å². The summed E-state index contributed by atoms with van der Waals surface area (Å²) >= 11 is 1.62. The predicted molar refractivity (Wildman–Crippen MR) is 123 cm³/mol. The van der Waals surface area contributed by atoms with Gasteiger partial charge in [-0.1, -0.05) is 51.7 Å². The van der Waals surface area contributed by atoms with Crippen molar-refractivity contribution in [3.05, 3.63) is 22.6 Å². The third kappa shape index (κ3) is 9.80. The Hall–Kier alpha value is -1.11. The molecular formula is C24H40O5S. The summed E-state index contributed by atoms with van der Waals surface area (Å²) in [6, 6.07) is 0. The molecule has 0 aromatic carbocycles. The Bertz CT molecular complexity index is 598. The summed E-state index contributed by atoms with van der Waals surface area (Å²) in [6.45, 7) is 5.88. The van der Waals surface area contributed by atoms with E-state index in [9.17, 15) is 19.8 Å². The predicted octanol–water partition coefficient (Wildman–Crippen LogP) is 4.81. The first-order chi connectivity index (χ1) is 14.3. The molecule has 0 aromatic heterocycles. The number of Topliss-reactive ketones (excluding diaryl/α,β-unsaturated/α-hetero) is 1. The number of unbranched alkanes of at least 4 members (excludes halogenated alkanes) is 3. The number of hydrogen-bond acceptors (Lipinski definition) is 6. The maximum absolute atomic E-state index is 12.1. The van der Waals surface area contributed by atoms with Crippen molar-refractivity contribution in [3.63, 3.8) is 0 Å². The van der Waals surface area contributed by atoms with Gasteiger partial charge in [-0.15, -0.1) is 11.8 Å². The van der Waals surface area contributed by atoms with Crippen LogP contribution in [0.3, 0.4) is 0 Å². The summed E-state index contributed by atoms with van der Waals surface area (Å²) in [5, 5.41) is 20.9. The van der Waals surface area contributed by atoms with Gasteiger partial charge in [0.15, 0.2) is 5.78 Å². The average molecular weight is 441 g/mol. The Morgan fingerprint density at radius 2 is 2.00 bits per heavy atom. The summed E-state index contributed by atoms with van der Waals surface area (Å²) in [5.74, 6) is 0.883. The Kier molecular flexibility index (Phi) is 13.3. The first-order valence-corrected chi connectivity index (χ1v) is 12.3. The lowest BCUT2D eigenvalue weighted by molar-refractivity contribution is -0.140. The largest absolute Gasteiger partial charge is 0.469 e. The van der Waals surface area contributed by atoms with E-state index in [-0.39, 0.29) is 17.7 Å². The van der Waals surface area contributed by atoms with E-state index in [1.165, 1.54) is 13.5 Å². The van der Waals surface area contributed by atoms with E-state index in [1.54, 1.807) is 24.8 Å². The summed E-state index contributed by atoms with van der Waals surface area (Å²) in [6.07, 6.45) is 10.1. The fraction of sp³-hybridized carbons (Fsp3) is 0.750. The molecule has 30 heavy (non-hydrogen) atoms. The van der Waals surface area contributed by atoms with Crippen molar-refractivity contribution < 1.29 is 24.5 Å². The molecule has 0 unspecified atom stereocenters. The monoisotopic (exact) mass is 440 g/mol. The molecule has 4 atom stereocenters. The van der Waals surface area contributed by atoms with Crippen LogP contribution in [-0.2, 0) is 14.3 Å². The molecule has 0 amide bonds. The number of ketones is 1. The minimum Gasteiger partial charge on any atom is -0.469 e. The third-order valence-corrected chi connectivity index (χ3v) is 6.92. The highest BCUT2D eigenvalue weighted by Gasteiger charge is 2.33. The second-order valence-electron chi connectivity index (χ2n) is 8.37. The lowest BCUT2D eigenvalue weighted by Gasteiger charge is -2.17. The molecule has 1 aliphatic rings. The van der Waals surface area contributed by atoms with E-state index < -0.39 is 12.2 Å². The molecular weight excluding hydrogens is 400 g/mol. The van der Waals surface area contributed by atoms with Gasteiger partial charge in [-0.2, -0.15) is 0 Å². The molecule has 5 nitrogen and oxygen atoms in total. The van der Waals surface area contributed by atoms with Gasteiger partial charge in [-0.3, -0.25) is 9.59 Å². The molecule has 0 fully saturated rings. The van der Waals surface area contributed by atoms with Crippen molar-refractivity contribution in [1.29, 1.82) is 0 Å². The van der Waals surface area contributed by atoms with Crippen LogP contribution in [0.1, 0.15) is 78.6 Å². The van der Waals surface area contributed by atoms with E-state index >= 15 is 0 Å². The number of thioether (sulfide) groups is 1. The summed E-state index contributed by atoms with van der Waals surface area (Å²) in [7, 11) is 1.40. The number of ether oxygens (including phenoxy) is 1. The lowest BCUT2D eigenvalue weighted by atomic mass is 9.96. The molecule has 0 saturated carbocycles. The number of carbonyl (C=O) groups excluding carboxylic acids is 2. The van der Waals surface area contributed by atoms with Gasteiger partial charge in [0, 0.05) is 29.2 Å². The molecule has 0 radical (unpaired) electrons. The Labute approximate surface area is 186 Å². The standard InChI is InChI=1S/C24H40O5S/c1-5-6-10-17(2)15-19(26)12-13-20-22(27)16-21(18(3)25)24(20)30-14-9-7-8-11-23(28)29-4/h12-13,17,19-20,22,26-27H,5-11,14-16H2,1-4H3/t17-,19-,20+,22-/m1/s1. The minimum atomic E-state index is -0.619. The number of rotatable bonds is 15. The zero-order valence-corrected chi connectivity index (χ0v) is 19.9. The van der Waals surface area contributed by atoms with Crippen molar-refractivity contribution in [3.8, 4) is 0 Å². The van der Waals surface area contributed by atoms with E-state index in [4.69, 9.17) is 0 Å². The maximum Gasteiger partial charge on any atom is 0.305 e. The van der Waals surface area contributed by atoms with Gasteiger partial charge in [0.25, 0.3) is 0 Å². The summed E-state index contributed by atoms with van der Waals surface area (Å²) in [4.78, 5) is 24.2. The average Bonchev–Trinajstić information content (AvgIpc) is 3.02. The molecule has 1 rings (SSSR count). The zero-order chi connectivity index (χ0) is 22.5. The van der Waals surface area contributed by atoms with Crippen molar-refractivity contribution in [2.24, 2.45) is 11.8 Å². The third-order valence-electron chi connectivity index (χ3n) is 5.60. The highest BCUT2D eigenvalue weighted by Crippen LogP contribution is 2.41. The number of aliphatic hydroxyl groups is 2.